The Morgan fingerprint density at radius 1 is 1.19 bits per heavy atom. The average molecular weight is 606 g/mol. The van der Waals surface area contributed by atoms with Gasteiger partial charge in [-0.05, 0) is 12.5 Å². The van der Waals surface area contributed by atoms with Gasteiger partial charge in [0.2, 0.25) is 0 Å². The molecule has 1 saturated heterocycles. The largest absolute Gasteiger partial charge is 2.00 e. The molecule has 4 rings (SSSR count). The molecular weight excluding hydrogens is 582 g/mol. The van der Waals surface area contributed by atoms with Crippen LogP contribution in [0.3, 0.4) is 0 Å². The van der Waals surface area contributed by atoms with E-state index in [0.717, 1.165) is 0 Å². The number of alkyl halides is 2. The summed E-state index contributed by atoms with van der Waals surface area (Å²) in [6, 6.07) is 6.20. The van der Waals surface area contributed by atoms with Gasteiger partial charge in [0, 0.05) is 23.5 Å². The van der Waals surface area contributed by atoms with Crippen molar-refractivity contribution in [3.63, 3.8) is 0 Å². The standard InChI is InChI=1S/C12H15N5O2.C9H9F2.Os/c1-8-14-10-6-11(18)17(7-9(10)12(13)15-8)16-2-4-19-5-3-16;1-6-4-3-5-8(7(6)2)9(10)11;/h6-7H,2-5H2,1H3,(H2,13,14,15,18);3-5,9H,1H2,2H3;/q;-1;+2/p-1. The molecule has 1 aromatic carbocycles. The van der Waals surface area contributed by atoms with E-state index in [1.807, 2.05) is 5.01 Å². The van der Waals surface area contributed by atoms with E-state index in [1.54, 1.807) is 32.2 Å². The number of rotatable bonds is 2. The van der Waals surface area contributed by atoms with Gasteiger partial charge in [0.05, 0.1) is 31.8 Å². The van der Waals surface area contributed by atoms with Crippen molar-refractivity contribution in [2.24, 2.45) is 0 Å². The third-order valence-corrected chi connectivity index (χ3v) is 4.84. The topological polar surface area (TPSA) is 84.0 Å². The molecule has 1 aliphatic rings. The molecule has 3 aromatic rings. The summed E-state index contributed by atoms with van der Waals surface area (Å²) in [6.45, 7) is 9.52. The zero-order valence-electron chi connectivity index (χ0n) is 17.2. The van der Waals surface area contributed by atoms with Gasteiger partial charge in [0.25, 0.3) is 12.0 Å². The van der Waals surface area contributed by atoms with Crippen molar-refractivity contribution in [3.05, 3.63) is 76.0 Å². The average Bonchev–Trinajstić information content (AvgIpc) is 2.70. The first kappa shape index (κ1) is 24.7. The number of halogens is 2. The Balaban J connectivity index is 0.000000245. The van der Waals surface area contributed by atoms with Crippen LogP contribution in [0.4, 0.5) is 14.6 Å². The van der Waals surface area contributed by atoms with Crippen molar-refractivity contribution in [1.29, 1.82) is 0 Å². The van der Waals surface area contributed by atoms with Crippen LogP contribution in [0.25, 0.3) is 16.6 Å². The van der Waals surface area contributed by atoms with Crippen LogP contribution in [-0.4, -0.2) is 40.9 Å². The molecule has 0 aliphatic carbocycles. The van der Waals surface area contributed by atoms with E-state index in [4.69, 9.17) is 10.5 Å². The fraction of sp³-hybridized carbons (Fsp3) is 0.333. The summed E-state index contributed by atoms with van der Waals surface area (Å²) in [5, 5.41) is 2.49. The third kappa shape index (κ3) is 5.78. The number of pyridine rings is 1. The van der Waals surface area contributed by atoms with Gasteiger partial charge < -0.3 is 20.5 Å². The van der Waals surface area contributed by atoms with Crippen LogP contribution in [0.15, 0.2) is 35.3 Å². The van der Waals surface area contributed by atoms with Crippen molar-refractivity contribution in [2.45, 2.75) is 20.3 Å². The Morgan fingerprint density at radius 2 is 1.87 bits per heavy atom. The molecule has 1 fully saturated rings. The molecular formula is C21H23F2N5O2Os. The van der Waals surface area contributed by atoms with Gasteiger partial charge in [0.1, 0.15) is 0 Å². The molecule has 3 heterocycles. The first-order valence-corrected chi connectivity index (χ1v) is 9.43. The molecule has 166 valence electrons. The fourth-order valence-electron chi connectivity index (χ4n) is 3.14. The number of aryl methyl sites for hydroxylation is 1. The minimum atomic E-state index is -2.39. The van der Waals surface area contributed by atoms with Crippen molar-refractivity contribution in [2.75, 3.05) is 31.3 Å². The van der Waals surface area contributed by atoms with E-state index < -0.39 is 6.43 Å². The Bertz CT molecular complexity index is 1100. The molecule has 0 spiro atoms. The molecule has 0 amide bonds. The summed E-state index contributed by atoms with van der Waals surface area (Å²) in [5.41, 5.74) is 9.59. The Kier molecular flexibility index (Phi) is 8.48. The van der Waals surface area contributed by atoms with Gasteiger partial charge in [-0.15, -0.1) is 11.6 Å². The van der Waals surface area contributed by atoms with Gasteiger partial charge in [0.15, 0.2) is 0 Å². The summed E-state index contributed by atoms with van der Waals surface area (Å²) in [4.78, 5) is 20.3. The van der Waals surface area contributed by atoms with Crippen LogP contribution in [-0.2, 0) is 24.5 Å². The Labute approximate surface area is 192 Å². The molecule has 0 bridgehead atoms. The zero-order valence-corrected chi connectivity index (χ0v) is 19.8. The molecule has 31 heavy (non-hydrogen) atoms. The maximum absolute atomic E-state index is 12.2. The summed E-state index contributed by atoms with van der Waals surface area (Å²) < 4.78 is 31.2. The number of benzene rings is 1. The summed E-state index contributed by atoms with van der Waals surface area (Å²) in [7, 11) is 0. The van der Waals surface area contributed by atoms with E-state index in [2.05, 4.69) is 16.9 Å². The second-order valence-corrected chi connectivity index (χ2v) is 6.87. The second kappa shape index (κ2) is 10.6. The number of aromatic nitrogens is 3. The molecule has 0 unspecified atom stereocenters. The maximum Gasteiger partial charge on any atom is 2.00 e. The summed E-state index contributed by atoms with van der Waals surface area (Å²) in [5.74, 6) is 0.644. The first-order valence-electron chi connectivity index (χ1n) is 9.43. The predicted molar refractivity (Wildman–Crippen MR) is 112 cm³/mol. The van der Waals surface area contributed by atoms with Gasteiger partial charge in [-0.3, -0.25) is 9.78 Å². The molecule has 7 nitrogen and oxygen atoms in total. The summed E-state index contributed by atoms with van der Waals surface area (Å²) in [6.07, 6.45) is -0.748. The van der Waals surface area contributed by atoms with Crippen LogP contribution in [0, 0.1) is 20.8 Å². The van der Waals surface area contributed by atoms with E-state index in [-0.39, 0.29) is 36.7 Å². The normalized spacial score (nSPS) is 13.5. The van der Waals surface area contributed by atoms with Crippen LogP contribution >= 0.6 is 0 Å². The van der Waals surface area contributed by atoms with Gasteiger partial charge in [-0.1, -0.05) is 18.8 Å². The SMILES string of the molecule is Cc1nc([NH-])c2cn(N3CCOCC3)c(=O)cc2n1.[CH2-]c1cccc(C(F)F)c1C.[Os+2]. The minimum absolute atomic E-state index is 0. The van der Waals surface area contributed by atoms with E-state index in [0.29, 0.717) is 54.2 Å². The number of morpholine rings is 1. The van der Waals surface area contributed by atoms with Gasteiger partial charge in [-0.2, -0.15) is 18.6 Å². The van der Waals surface area contributed by atoms with Gasteiger partial charge >= 0.3 is 19.8 Å². The van der Waals surface area contributed by atoms with Crippen molar-refractivity contribution >= 4 is 16.7 Å². The Morgan fingerprint density at radius 3 is 2.48 bits per heavy atom. The van der Waals surface area contributed by atoms with Crippen molar-refractivity contribution in [3.8, 4) is 0 Å². The van der Waals surface area contributed by atoms with Crippen LogP contribution in [0.2, 0.25) is 0 Å². The number of nitrogens with one attached hydrogen (secondary N) is 1. The number of hydrogen-bond donors (Lipinski definition) is 0. The van der Waals surface area contributed by atoms with Gasteiger partial charge in [-0.25, -0.2) is 13.5 Å². The molecule has 1 N–H and O–H groups in total. The molecule has 10 heteroatoms. The number of fused-ring (bicyclic) bond motifs is 1. The van der Waals surface area contributed by atoms with E-state index >= 15 is 0 Å². The molecule has 0 atom stereocenters. The van der Waals surface area contributed by atoms with Crippen LogP contribution in [0.5, 0.6) is 0 Å². The molecule has 0 radical (unpaired) electrons. The molecule has 0 saturated carbocycles. The monoisotopic (exact) mass is 607 g/mol. The van der Waals surface area contributed by atoms with Crippen molar-refractivity contribution in [1.82, 2.24) is 14.6 Å². The fourth-order valence-corrected chi connectivity index (χ4v) is 3.14. The molecule has 1 aliphatic heterocycles. The van der Waals surface area contributed by atoms with E-state index in [9.17, 15) is 13.6 Å². The van der Waals surface area contributed by atoms with Crippen molar-refractivity contribution < 1.29 is 33.3 Å². The van der Waals surface area contributed by atoms with Crippen LogP contribution < -0.4 is 10.6 Å². The Hall–Kier alpha value is -2.56. The first-order chi connectivity index (χ1) is 14.3. The smallest absolute Gasteiger partial charge is 0.481 e. The van der Waals surface area contributed by atoms with E-state index in [1.165, 1.54) is 16.8 Å². The third-order valence-electron chi connectivity index (χ3n) is 4.84. The predicted octanol–water partition coefficient (Wildman–Crippen LogP) is 3.86. The number of ether oxygens (including phenoxy) is 1. The van der Waals surface area contributed by atoms with Crippen LogP contribution in [0.1, 0.15) is 28.9 Å². The summed E-state index contributed by atoms with van der Waals surface area (Å²) >= 11 is 0. The zero-order chi connectivity index (χ0) is 21.8. The maximum atomic E-state index is 12.2. The number of hydrogen-bond acceptors (Lipinski definition) is 5. The number of nitrogens with zero attached hydrogens (tertiary/aromatic N) is 4. The quantitative estimate of drug-likeness (QED) is 0.415. The second-order valence-electron chi connectivity index (χ2n) is 6.87. The minimum Gasteiger partial charge on any atom is -0.481 e. The molecule has 2 aromatic heterocycles.